The highest BCUT2D eigenvalue weighted by molar-refractivity contribution is 9.10. The molecule has 0 fully saturated rings. The van der Waals surface area contributed by atoms with Crippen LogP contribution in [0.15, 0.2) is 58.2 Å². The first-order valence-corrected chi connectivity index (χ1v) is 14.0. The zero-order chi connectivity index (χ0) is 33.0. The van der Waals surface area contributed by atoms with Crippen LogP contribution in [0.4, 0.5) is 36.3 Å². The number of nitrogens with one attached hydrogen (secondary N) is 4. The van der Waals surface area contributed by atoms with Crippen LogP contribution in [0.3, 0.4) is 0 Å². The predicted molar refractivity (Wildman–Crippen MR) is 161 cm³/mol. The standard InChI is InChI=1S/C28H33BrF3N7O5/c1-15(30)22(32)23(16(2)31)44-21(41)10-9-20(40)37-17-7-5-8-18(13-17)38-27-36-14-19(29)24(39-27)34-11-6-12-35-26(43)28(3,4)25(33)42/h5,7-8,13-14H,6,9-12H2,1-4H3,(H2,33,42)(H,35,43)(H,37,40)(H2,34,36,38,39)/b22-15-,23-16-. The average Bonchev–Trinajstić information content (AvgIpc) is 2.95. The van der Waals surface area contributed by atoms with Crippen molar-refractivity contribution in [2.45, 2.75) is 47.0 Å². The van der Waals surface area contributed by atoms with Crippen molar-refractivity contribution >= 4 is 62.8 Å². The normalized spacial score (nSPS) is 12.4. The number of amides is 3. The maximum absolute atomic E-state index is 13.7. The molecule has 0 radical (unpaired) electrons. The van der Waals surface area contributed by atoms with Gasteiger partial charge in [-0.1, -0.05) is 6.07 Å². The molecular weight excluding hydrogens is 651 g/mol. The van der Waals surface area contributed by atoms with E-state index in [1.807, 2.05) is 0 Å². The number of hydrogen-bond donors (Lipinski definition) is 5. The molecule has 6 N–H and O–H groups in total. The molecule has 12 nitrogen and oxygen atoms in total. The molecule has 16 heteroatoms. The molecule has 2 rings (SSSR count). The van der Waals surface area contributed by atoms with Gasteiger partial charge < -0.3 is 31.7 Å². The number of hydrogen-bond acceptors (Lipinski definition) is 9. The van der Waals surface area contributed by atoms with Crippen LogP contribution < -0.4 is 27.0 Å². The minimum Gasteiger partial charge on any atom is -0.420 e. The van der Waals surface area contributed by atoms with Gasteiger partial charge in [0.05, 0.1) is 10.9 Å². The first-order chi connectivity index (χ1) is 20.6. The molecule has 0 atom stereocenters. The van der Waals surface area contributed by atoms with E-state index in [4.69, 9.17) is 5.73 Å². The number of anilines is 4. The highest BCUT2D eigenvalue weighted by Gasteiger charge is 2.33. The number of benzene rings is 1. The second kappa shape index (κ2) is 16.4. The van der Waals surface area contributed by atoms with E-state index in [9.17, 15) is 32.3 Å². The lowest BCUT2D eigenvalue weighted by molar-refractivity contribution is -0.141. The van der Waals surface area contributed by atoms with Crippen LogP contribution in [0, 0.1) is 5.41 Å². The quantitative estimate of drug-likeness (QED) is 0.0565. The minimum absolute atomic E-state index is 0.232. The Hall–Kier alpha value is -4.47. The number of carbonyl (C=O) groups excluding carboxylic acids is 4. The molecule has 0 aliphatic carbocycles. The van der Waals surface area contributed by atoms with Crippen LogP contribution in [0.25, 0.3) is 0 Å². The summed E-state index contributed by atoms with van der Waals surface area (Å²) in [5.41, 5.74) is 4.82. The summed E-state index contributed by atoms with van der Waals surface area (Å²) in [4.78, 5) is 56.4. The average molecular weight is 685 g/mol. The van der Waals surface area contributed by atoms with Crippen LogP contribution in [0.1, 0.15) is 47.0 Å². The monoisotopic (exact) mass is 683 g/mol. The lowest BCUT2D eigenvalue weighted by Crippen LogP contribution is -2.46. The van der Waals surface area contributed by atoms with Crippen molar-refractivity contribution < 1.29 is 37.1 Å². The highest BCUT2D eigenvalue weighted by Crippen LogP contribution is 2.25. The fraction of sp³-hybridized carbons (Fsp3) is 0.357. The zero-order valence-corrected chi connectivity index (χ0v) is 26.0. The van der Waals surface area contributed by atoms with E-state index in [-0.39, 0.29) is 12.4 Å². The van der Waals surface area contributed by atoms with Gasteiger partial charge in [0, 0.05) is 37.1 Å². The molecule has 0 saturated carbocycles. The Morgan fingerprint density at radius 3 is 2.34 bits per heavy atom. The summed E-state index contributed by atoms with van der Waals surface area (Å²) < 4.78 is 45.4. The SMILES string of the molecule is C/C(F)=C(F)\C(OC(=O)CCC(=O)Nc1cccc(Nc2ncc(Br)c(NCCCNC(=O)C(C)(C)C(N)=O)n2)c1)=C(/C)F. The summed E-state index contributed by atoms with van der Waals surface area (Å²) in [5.74, 6) is -7.58. The largest absolute Gasteiger partial charge is 0.420 e. The fourth-order valence-corrected chi connectivity index (χ4v) is 3.54. The van der Waals surface area contributed by atoms with E-state index in [1.54, 1.807) is 24.3 Å². The van der Waals surface area contributed by atoms with Gasteiger partial charge in [-0.2, -0.15) is 9.37 Å². The van der Waals surface area contributed by atoms with Gasteiger partial charge in [-0.3, -0.25) is 19.2 Å². The lowest BCUT2D eigenvalue weighted by atomic mass is 9.91. The van der Waals surface area contributed by atoms with E-state index in [0.717, 1.165) is 13.8 Å². The molecule has 1 heterocycles. The number of ether oxygens (including phenoxy) is 1. The van der Waals surface area contributed by atoms with Crippen LogP contribution in [0.5, 0.6) is 0 Å². The Balaban J connectivity index is 1.90. The summed E-state index contributed by atoms with van der Waals surface area (Å²) in [6.07, 6.45) is 1.17. The van der Waals surface area contributed by atoms with Gasteiger partial charge in [-0.05, 0) is 68.2 Å². The van der Waals surface area contributed by atoms with Gasteiger partial charge in [-0.15, -0.1) is 0 Å². The van der Waals surface area contributed by atoms with Crippen molar-refractivity contribution in [3.63, 3.8) is 0 Å². The zero-order valence-electron chi connectivity index (χ0n) is 24.4. The number of rotatable bonds is 15. The second-order valence-corrected chi connectivity index (χ2v) is 10.7. The number of allylic oxidation sites excluding steroid dienone is 3. The van der Waals surface area contributed by atoms with Crippen molar-refractivity contribution in [2.75, 3.05) is 29.0 Å². The third-order valence-electron chi connectivity index (χ3n) is 5.85. The Morgan fingerprint density at radius 2 is 1.70 bits per heavy atom. The van der Waals surface area contributed by atoms with E-state index in [2.05, 4.69) is 51.9 Å². The molecule has 0 bridgehead atoms. The first kappa shape index (κ1) is 35.7. The number of nitrogens with two attached hydrogens (primary N) is 1. The van der Waals surface area contributed by atoms with E-state index in [0.29, 0.717) is 41.2 Å². The van der Waals surface area contributed by atoms with Crippen LogP contribution in [0.2, 0.25) is 0 Å². The molecule has 1 aromatic carbocycles. The van der Waals surface area contributed by atoms with Gasteiger partial charge >= 0.3 is 5.97 Å². The van der Waals surface area contributed by atoms with Crippen molar-refractivity contribution in [1.29, 1.82) is 0 Å². The number of primary amides is 1. The molecule has 44 heavy (non-hydrogen) atoms. The van der Waals surface area contributed by atoms with Crippen LogP contribution in [-0.4, -0.2) is 46.7 Å². The molecule has 238 valence electrons. The second-order valence-electron chi connectivity index (χ2n) is 9.85. The molecule has 2 aromatic rings. The maximum Gasteiger partial charge on any atom is 0.311 e. The summed E-state index contributed by atoms with van der Waals surface area (Å²) in [5, 5.41) is 11.4. The van der Waals surface area contributed by atoms with Crippen LogP contribution in [-0.2, 0) is 23.9 Å². The van der Waals surface area contributed by atoms with Gasteiger partial charge in [0.15, 0.2) is 11.6 Å². The fourth-order valence-electron chi connectivity index (χ4n) is 3.21. The number of carbonyl (C=O) groups is 4. The minimum atomic E-state index is -1.64. The highest BCUT2D eigenvalue weighted by atomic mass is 79.9. The Labute approximate surface area is 260 Å². The van der Waals surface area contributed by atoms with Crippen molar-refractivity contribution in [3.05, 3.63) is 58.2 Å². The molecule has 0 saturated heterocycles. The topological polar surface area (TPSA) is 177 Å². The van der Waals surface area contributed by atoms with E-state index in [1.165, 1.54) is 20.0 Å². The summed E-state index contributed by atoms with van der Waals surface area (Å²) in [6, 6.07) is 6.53. The number of aromatic nitrogens is 2. The molecule has 3 amide bonds. The molecule has 1 aromatic heterocycles. The maximum atomic E-state index is 13.7. The van der Waals surface area contributed by atoms with Gasteiger partial charge in [0.2, 0.25) is 23.7 Å². The Kier molecular flexibility index (Phi) is 13.3. The van der Waals surface area contributed by atoms with Crippen molar-refractivity contribution in [1.82, 2.24) is 15.3 Å². The molecular formula is C28H33BrF3N7O5. The number of esters is 1. The van der Waals surface area contributed by atoms with Crippen LogP contribution >= 0.6 is 15.9 Å². The first-order valence-electron chi connectivity index (χ1n) is 13.2. The smallest absolute Gasteiger partial charge is 0.311 e. The van der Waals surface area contributed by atoms with Crippen molar-refractivity contribution in [2.24, 2.45) is 11.1 Å². The van der Waals surface area contributed by atoms with Gasteiger partial charge in [0.1, 0.15) is 22.9 Å². The van der Waals surface area contributed by atoms with Crippen molar-refractivity contribution in [3.8, 4) is 0 Å². The molecule has 0 spiro atoms. The summed E-state index contributed by atoms with van der Waals surface area (Å²) >= 11 is 3.37. The summed E-state index contributed by atoms with van der Waals surface area (Å²) in [6.45, 7) is 5.18. The number of nitrogens with zero attached hydrogens (tertiary/aromatic N) is 2. The third kappa shape index (κ3) is 11.0. The summed E-state index contributed by atoms with van der Waals surface area (Å²) in [7, 11) is 0. The van der Waals surface area contributed by atoms with E-state index < -0.39 is 58.8 Å². The molecule has 0 aliphatic heterocycles. The lowest BCUT2D eigenvalue weighted by Gasteiger charge is -2.19. The predicted octanol–water partition coefficient (Wildman–Crippen LogP) is 5.05. The van der Waals surface area contributed by atoms with E-state index >= 15 is 0 Å². The van der Waals surface area contributed by atoms with Gasteiger partial charge in [0.25, 0.3) is 0 Å². The third-order valence-corrected chi connectivity index (χ3v) is 6.43. The Morgan fingerprint density at radius 1 is 1.02 bits per heavy atom. The molecule has 0 aliphatic rings. The number of halogens is 4. The Bertz CT molecular complexity index is 1460. The van der Waals surface area contributed by atoms with Gasteiger partial charge in [-0.25, -0.2) is 13.8 Å². The molecule has 0 unspecified atom stereocenters.